The molecular formula is C29H29Br2N3O3. The van der Waals surface area contributed by atoms with Gasteiger partial charge in [-0.3, -0.25) is 4.79 Å². The number of ether oxygens (including phenoxy) is 2. The van der Waals surface area contributed by atoms with Crippen molar-refractivity contribution in [3.05, 3.63) is 86.3 Å². The van der Waals surface area contributed by atoms with Gasteiger partial charge in [-0.05, 0) is 102 Å². The Balaban J connectivity index is 1.79. The van der Waals surface area contributed by atoms with Gasteiger partial charge in [0.25, 0.3) is 5.91 Å². The normalized spacial score (nSPS) is 11.0. The monoisotopic (exact) mass is 625 g/mol. The molecular weight excluding hydrogens is 598 g/mol. The van der Waals surface area contributed by atoms with Gasteiger partial charge < -0.3 is 19.7 Å². The van der Waals surface area contributed by atoms with Gasteiger partial charge in [-0.15, -0.1) is 0 Å². The van der Waals surface area contributed by atoms with Gasteiger partial charge in [0.15, 0.2) is 11.5 Å². The molecule has 1 amide bonds. The fraction of sp³-hybridized carbons (Fsp3) is 0.241. The Morgan fingerprint density at radius 1 is 1.00 bits per heavy atom. The number of benzene rings is 3. The van der Waals surface area contributed by atoms with Crippen LogP contribution in [0.4, 0.5) is 11.4 Å². The van der Waals surface area contributed by atoms with Crippen LogP contribution in [0.2, 0.25) is 0 Å². The van der Waals surface area contributed by atoms with Crippen LogP contribution in [0.1, 0.15) is 31.9 Å². The highest BCUT2D eigenvalue weighted by Gasteiger charge is 2.15. The van der Waals surface area contributed by atoms with Crippen LogP contribution in [0.25, 0.3) is 6.08 Å². The Hall–Kier alpha value is -3.28. The summed E-state index contributed by atoms with van der Waals surface area (Å²) < 4.78 is 13.5. The van der Waals surface area contributed by atoms with Gasteiger partial charge in [0, 0.05) is 28.9 Å². The smallest absolute Gasteiger partial charge is 0.266 e. The molecule has 0 saturated carbocycles. The molecule has 0 aromatic heterocycles. The lowest BCUT2D eigenvalue weighted by molar-refractivity contribution is -0.112. The Morgan fingerprint density at radius 3 is 2.27 bits per heavy atom. The van der Waals surface area contributed by atoms with Gasteiger partial charge in [-0.1, -0.05) is 28.1 Å². The van der Waals surface area contributed by atoms with E-state index in [0.717, 1.165) is 28.8 Å². The van der Waals surface area contributed by atoms with Crippen LogP contribution in [0.5, 0.6) is 11.5 Å². The average Bonchev–Trinajstić information content (AvgIpc) is 2.89. The van der Waals surface area contributed by atoms with Crippen molar-refractivity contribution in [2.75, 3.05) is 29.9 Å². The Kier molecular flexibility index (Phi) is 10.6. The van der Waals surface area contributed by atoms with Crippen LogP contribution in [0.3, 0.4) is 0 Å². The Morgan fingerprint density at radius 2 is 1.68 bits per heavy atom. The van der Waals surface area contributed by atoms with Crippen LogP contribution >= 0.6 is 31.9 Å². The summed E-state index contributed by atoms with van der Waals surface area (Å²) in [7, 11) is 0. The minimum absolute atomic E-state index is 0.0225. The molecule has 0 heterocycles. The fourth-order valence-corrected chi connectivity index (χ4v) is 4.51. The maximum atomic E-state index is 12.8. The lowest BCUT2D eigenvalue weighted by Crippen LogP contribution is -2.21. The molecule has 0 fully saturated rings. The van der Waals surface area contributed by atoms with Crippen LogP contribution in [-0.2, 0) is 11.4 Å². The third-order valence-electron chi connectivity index (χ3n) is 5.56. The highest BCUT2D eigenvalue weighted by atomic mass is 79.9. The number of amides is 1. The van der Waals surface area contributed by atoms with Crippen molar-refractivity contribution in [3.63, 3.8) is 0 Å². The van der Waals surface area contributed by atoms with E-state index in [1.807, 2.05) is 61.5 Å². The predicted octanol–water partition coefficient (Wildman–Crippen LogP) is 7.58. The molecule has 0 atom stereocenters. The van der Waals surface area contributed by atoms with E-state index in [2.05, 4.69) is 55.9 Å². The van der Waals surface area contributed by atoms with Crippen molar-refractivity contribution in [2.24, 2.45) is 0 Å². The molecule has 0 aliphatic rings. The summed E-state index contributed by atoms with van der Waals surface area (Å²) in [5.74, 6) is 0.589. The first-order valence-electron chi connectivity index (χ1n) is 12.0. The first-order valence-corrected chi connectivity index (χ1v) is 13.6. The van der Waals surface area contributed by atoms with E-state index < -0.39 is 5.91 Å². The maximum absolute atomic E-state index is 12.8. The molecule has 0 aliphatic carbocycles. The number of halogens is 2. The zero-order valence-corrected chi connectivity index (χ0v) is 24.2. The molecule has 3 aromatic carbocycles. The average molecular weight is 627 g/mol. The largest absolute Gasteiger partial charge is 0.490 e. The SMILES string of the molecule is CCOc1cc(/C=C(/C#N)C(=O)Nc2ccc(N(CC)CC)cc2)cc(Br)c1OCc1ccc(Br)cc1. The van der Waals surface area contributed by atoms with E-state index in [1.165, 1.54) is 6.08 Å². The fourth-order valence-electron chi connectivity index (χ4n) is 3.67. The zero-order valence-electron chi connectivity index (χ0n) is 21.1. The molecule has 0 saturated heterocycles. The number of rotatable bonds is 11. The molecule has 37 heavy (non-hydrogen) atoms. The number of nitriles is 1. The van der Waals surface area contributed by atoms with Crippen molar-refractivity contribution in [2.45, 2.75) is 27.4 Å². The molecule has 192 valence electrons. The number of hydrogen-bond donors (Lipinski definition) is 1. The second-order valence-electron chi connectivity index (χ2n) is 8.02. The molecule has 0 aliphatic heterocycles. The standard InChI is InChI=1S/C29H29Br2N3O3/c1-4-34(5-2)25-13-11-24(12-14-25)33-29(35)22(18-32)15-21-16-26(31)28(27(17-21)36-6-3)37-19-20-7-9-23(30)10-8-20/h7-17H,4-6,19H2,1-3H3,(H,33,35)/b22-15-. The second-order valence-corrected chi connectivity index (χ2v) is 9.79. The molecule has 0 radical (unpaired) electrons. The molecule has 1 N–H and O–H groups in total. The molecule has 6 nitrogen and oxygen atoms in total. The summed E-state index contributed by atoms with van der Waals surface area (Å²) in [6.45, 7) is 8.67. The van der Waals surface area contributed by atoms with Crippen LogP contribution in [-0.4, -0.2) is 25.6 Å². The van der Waals surface area contributed by atoms with E-state index in [4.69, 9.17) is 9.47 Å². The summed E-state index contributed by atoms with van der Waals surface area (Å²) in [4.78, 5) is 15.1. The number of nitrogens with one attached hydrogen (secondary N) is 1. The minimum Gasteiger partial charge on any atom is -0.490 e. The zero-order chi connectivity index (χ0) is 26.8. The molecule has 3 rings (SSSR count). The van der Waals surface area contributed by atoms with Gasteiger partial charge in [-0.2, -0.15) is 5.26 Å². The molecule has 3 aromatic rings. The molecule has 0 bridgehead atoms. The number of carbonyl (C=O) groups excluding carboxylic acids is 1. The number of anilines is 2. The highest BCUT2D eigenvalue weighted by Crippen LogP contribution is 2.38. The Bertz CT molecular complexity index is 1280. The summed E-state index contributed by atoms with van der Waals surface area (Å²) >= 11 is 6.99. The van der Waals surface area contributed by atoms with Gasteiger partial charge in [0.1, 0.15) is 18.2 Å². The van der Waals surface area contributed by atoms with Crippen LogP contribution < -0.4 is 19.7 Å². The second kappa shape index (κ2) is 13.9. The van der Waals surface area contributed by atoms with Gasteiger partial charge >= 0.3 is 0 Å². The summed E-state index contributed by atoms with van der Waals surface area (Å²) in [5, 5.41) is 12.5. The van der Waals surface area contributed by atoms with Crippen molar-refractivity contribution >= 4 is 55.2 Å². The quantitative estimate of drug-likeness (QED) is 0.175. The molecule has 0 spiro atoms. The Labute approximate surface area is 235 Å². The van der Waals surface area contributed by atoms with Gasteiger partial charge in [-0.25, -0.2) is 0 Å². The van der Waals surface area contributed by atoms with Crippen molar-refractivity contribution in [3.8, 4) is 17.6 Å². The number of carbonyl (C=O) groups is 1. The number of nitrogens with zero attached hydrogens (tertiary/aromatic N) is 2. The first kappa shape index (κ1) is 28.3. The van der Waals surface area contributed by atoms with Crippen LogP contribution in [0, 0.1) is 11.3 Å². The summed E-state index contributed by atoms with van der Waals surface area (Å²) in [5.41, 5.74) is 3.32. The van der Waals surface area contributed by atoms with E-state index in [1.54, 1.807) is 12.1 Å². The molecule has 8 heteroatoms. The van der Waals surface area contributed by atoms with Gasteiger partial charge in [0.05, 0.1) is 11.1 Å². The first-order chi connectivity index (χ1) is 17.9. The summed E-state index contributed by atoms with van der Waals surface area (Å²) in [6, 6.07) is 21.0. The van der Waals surface area contributed by atoms with Crippen molar-refractivity contribution in [1.82, 2.24) is 0 Å². The number of hydrogen-bond acceptors (Lipinski definition) is 5. The topological polar surface area (TPSA) is 74.6 Å². The lowest BCUT2D eigenvalue weighted by atomic mass is 10.1. The molecule has 0 unspecified atom stereocenters. The lowest BCUT2D eigenvalue weighted by Gasteiger charge is -2.21. The maximum Gasteiger partial charge on any atom is 0.266 e. The van der Waals surface area contributed by atoms with E-state index >= 15 is 0 Å². The third-order valence-corrected chi connectivity index (χ3v) is 6.68. The minimum atomic E-state index is -0.484. The van der Waals surface area contributed by atoms with Gasteiger partial charge in [0.2, 0.25) is 0 Å². The van der Waals surface area contributed by atoms with E-state index in [9.17, 15) is 10.1 Å². The van der Waals surface area contributed by atoms with Crippen molar-refractivity contribution in [1.29, 1.82) is 5.26 Å². The van der Waals surface area contributed by atoms with Crippen LogP contribution in [0.15, 0.2) is 75.2 Å². The third kappa shape index (κ3) is 7.85. The van der Waals surface area contributed by atoms with E-state index in [0.29, 0.717) is 40.4 Å². The van der Waals surface area contributed by atoms with E-state index in [-0.39, 0.29) is 5.57 Å². The predicted molar refractivity (Wildman–Crippen MR) is 156 cm³/mol. The van der Waals surface area contributed by atoms with Crippen molar-refractivity contribution < 1.29 is 14.3 Å². The summed E-state index contributed by atoms with van der Waals surface area (Å²) in [6.07, 6.45) is 1.53. The highest BCUT2D eigenvalue weighted by molar-refractivity contribution is 9.10.